The van der Waals surface area contributed by atoms with Crippen molar-refractivity contribution in [3.05, 3.63) is 39.4 Å². The molecule has 0 saturated heterocycles. The number of Topliss-reactive ketones (excluding diaryl/α,β-unsaturated/α-hetero) is 1. The Bertz CT molecular complexity index is 557. The van der Waals surface area contributed by atoms with Crippen LogP contribution < -0.4 is 0 Å². The predicted molar refractivity (Wildman–Crippen MR) is 72.6 cm³/mol. The zero-order valence-electron chi connectivity index (χ0n) is 11.9. The highest BCUT2D eigenvalue weighted by Gasteiger charge is 2.23. The highest BCUT2D eigenvalue weighted by Crippen LogP contribution is 2.20. The fourth-order valence-corrected chi connectivity index (χ4v) is 1.42. The van der Waals surface area contributed by atoms with Crippen LogP contribution in [0.2, 0.25) is 0 Å². The minimum Gasteiger partial charge on any atom is -0.454 e. The lowest BCUT2D eigenvalue weighted by molar-refractivity contribution is -0.385. The summed E-state index contributed by atoms with van der Waals surface area (Å²) in [6.07, 6.45) is 0. The van der Waals surface area contributed by atoms with Crippen molar-refractivity contribution in [2.45, 2.75) is 27.7 Å². The molecule has 20 heavy (non-hydrogen) atoms. The SMILES string of the molecule is Cc1cc(C(=O)OCC(=O)C(C)(C)C)ccc1[N+](=O)[O-]. The van der Waals surface area contributed by atoms with E-state index in [-0.39, 0.29) is 23.6 Å². The molecule has 0 aliphatic carbocycles. The third kappa shape index (κ3) is 3.88. The number of carbonyl (C=O) groups excluding carboxylic acids is 2. The Labute approximate surface area is 116 Å². The number of esters is 1. The first-order chi connectivity index (χ1) is 9.12. The molecule has 1 rings (SSSR count). The molecule has 0 fully saturated rings. The molecule has 0 N–H and O–H groups in total. The van der Waals surface area contributed by atoms with Crippen molar-refractivity contribution in [3.63, 3.8) is 0 Å². The molecule has 0 aliphatic rings. The number of hydrogen-bond donors (Lipinski definition) is 0. The van der Waals surface area contributed by atoms with Crippen molar-refractivity contribution in [2.75, 3.05) is 6.61 Å². The zero-order chi connectivity index (χ0) is 15.5. The number of nitro benzene ring substituents is 1. The Hall–Kier alpha value is -2.24. The molecule has 6 nitrogen and oxygen atoms in total. The van der Waals surface area contributed by atoms with Crippen molar-refractivity contribution >= 4 is 17.4 Å². The van der Waals surface area contributed by atoms with Crippen LogP contribution in [0.3, 0.4) is 0 Å². The van der Waals surface area contributed by atoms with Crippen LogP contribution in [-0.2, 0) is 9.53 Å². The first-order valence-corrected chi connectivity index (χ1v) is 6.08. The molecule has 0 saturated carbocycles. The quantitative estimate of drug-likeness (QED) is 0.480. The van der Waals surface area contributed by atoms with E-state index < -0.39 is 16.3 Å². The van der Waals surface area contributed by atoms with Gasteiger partial charge in [0, 0.05) is 17.0 Å². The molecule has 0 atom stereocenters. The van der Waals surface area contributed by atoms with Gasteiger partial charge in [-0.05, 0) is 19.1 Å². The molecular formula is C14H17NO5. The summed E-state index contributed by atoms with van der Waals surface area (Å²) in [6, 6.07) is 3.94. The third-order valence-corrected chi connectivity index (χ3v) is 2.80. The number of benzene rings is 1. The molecule has 108 valence electrons. The zero-order valence-corrected chi connectivity index (χ0v) is 11.9. The normalized spacial score (nSPS) is 11.0. The second-order valence-electron chi connectivity index (χ2n) is 5.51. The lowest BCUT2D eigenvalue weighted by atomic mass is 9.91. The summed E-state index contributed by atoms with van der Waals surface area (Å²) in [5, 5.41) is 10.7. The van der Waals surface area contributed by atoms with Crippen LogP contribution in [0.4, 0.5) is 5.69 Å². The molecule has 0 radical (unpaired) electrons. The molecule has 0 spiro atoms. The number of ether oxygens (including phenoxy) is 1. The second kappa shape index (κ2) is 5.81. The summed E-state index contributed by atoms with van der Waals surface area (Å²) in [5.74, 6) is -0.856. The van der Waals surface area contributed by atoms with Gasteiger partial charge in [0.05, 0.1) is 10.5 Å². The second-order valence-corrected chi connectivity index (χ2v) is 5.51. The van der Waals surface area contributed by atoms with Gasteiger partial charge in [0.1, 0.15) is 0 Å². The number of aryl methyl sites for hydroxylation is 1. The van der Waals surface area contributed by atoms with Crippen LogP contribution in [0.5, 0.6) is 0 Å². The van der Waals surface area contributed by atoms with Gasteiger partial charge in [-0.25, -0.2) is 4.79 Å². The molecule has 6 heteroatoms. The van der Waals surface area contributed by atoms with E-state index in [2.05, 4.69) is 0 Å². The maximum Gasteiger partial charge on any atom is 0.338 e. The number of carbonyl (C=O) groups is 2. The van der Waals surface area contributed by atoms with E-state index in [0.29, 0.717) is 5.56 Å². The Morgan fingerprint density at radius 3 is 2.35 bits per heavy atom. The van der Waals surface area contributed by atoms with Crippen LogP contribution >= 0.6 is 0 Å². The van der Waals surface area contributed by atoms with Gasteiger partial charge in [0.25, 0.3) is 5.69 Å². The van der Waals surface area contributed by atoms with Crippen molar-refractivity contribution < 1.29 is 19.2 Å². The van der Waals surface area contributed by atoms with Crippen LogP contribution in [0.1, 0.15) is 36.7 Å². The molecule has 0 aliphatic heterocycles. The third-order valence-electron chi connectivity index (χ3n) is 2.80. The Morgan fingerprint density at radius 1 is 1.30 bits per heavy atom. The van der Waals surface area contributed by atoms with Gasteiger partial charge in [-0.3, -0.25) is 14.9 Å². The Balaban J connectivity index is 2.77. The van der Waals surface area contributed by atoms with E-state index in [0.717, 1.165) is 0 Å². The van der Waals surface area contributed by atoms with Crippen LogP contribution in [0, 0.1) is 22.5 Å². The van der Waals surface area contributed by atoms with E-state index in [1.54, 1.807) is 20.8 Å². The highest BCUT2D eigenvalue weighted by molar-refractivity contribution is 5.93. The Morgan fingerprint density at radius 2 is 1.90 bits per heavy atom. The summed E-state index contributed by atoms with van der Waals surface area (Å²) in [5.41, 5.74) is -0.0835. The number of ketones is 1. The largest absolute Gasteiger partial charge is 0.454 e. The summed E-state index contributed by atoms with van der Waals surface area (Å²) in [4.78, 5) is 33.6. The van der Waals surface area contributed by atoms with Gasteiger partial charge >= 0.3 is 5.97 Å². The standard InChI is InChI=1S/C14H17NO5/c1-9-7-10(5-6-11(9)15(18)19)13(17)20-8-12(16)14(2,3)4/h5-7H,8H2,1-4H3. The first-order valence-electron chi connectivity index (χ1n) is 6.08. The average Bonchev–Trinajstić information content (AvgIpc) is 2.33. The van der Waals surface area contributed by atoms with Crippen molar-refractivity contribution in [1.82, 2.24) is 0 Å². The average molecular weight is 279 g/mol. The highest BCUT2D eigenvalue weighted by atomic mass is 16.6. The van der Waals surface area contributed by atoms with Crippen molar-refractivity contribution in [2.24, 2.45) is 5.41 Å². The van der Waals surface area contributed by atoms with E-state index in [1.807, 2.05) is 0 Å². The monoisotopic (exact) mass is 279 g/mol. The van der Waals surface area contributed by atoms with E-state index in [9.17, 15) is 19.7 Å². The fraction of sp³-hybridized carbons (Fsp3) is 0.429. The summed E-state index contributed by atoms with van der Waals surface area (Å²) < 4.78 is 4.91. The van der Waals surface area contributed by atoms with Crippen LogP contribution in [0.25, 0.3) is 0 Å². The maximum atomic E-state index is 11.8. The molecule has 0 heterocycles. The van der Waals surface area contributed by atoms with E-state index in [1.165, 1.54) is 25.1 Å². The molecule has 0 unspecified atom stereocenters. The number of hydrogen-bond acceptors (Lipinski definition) is 5. The minimum atomic E-state index is -0.666. The minimum absolute atomic E-state index is 0.0627. The first kappa shape index (κ1) is 15.8. The summed E-state index contributed by atoms with van der Waals surface area (Å²) in [6.45, 7) is 6.44. The van der Waals surface area contributed by atoms with Crippen LogP contribution in [-0.4, -0.2) is 23.3 Å². The van der Waals surface area contributed by atoms with E-state index >= 15 is 0 Å². The molecule has 1 aromatic carbocycles. The lowest BCUT2D eigenvalue weighted by Gasteiger charge is -2.16. The smallest absolute Gasteiger partial charge is 0.338 e. The fourth-order valence-electron chi connectivity index (χ4n) is 1.42. The molecule has 0 bridgehead atoms. The Kier molecular flexibility index (Phi) is 4.60. The van der Waals surface area contributed by atoms with Gasteiger partial charge in [-0.2, -0.15) is 0 Å². The number of nitrogens with zero attached hydrogens (tertiary/aromatic N) is 1. The van der Waals surface area contributed by atoms with Gasteiger partial charge in [0.15, 0.2) is 12.4 Å². The summed E-state index contributed by atoms with van der Waals surface area (Å²) >= 11 is 0. The summed E-state index contributed by atoms with van der Waals surface area (Å²) in [7, 11) is 0. The van der Waals surface area contributed by atoms with Gasteiger partial charge in [0.2, 0.25) is 0 Å². The van der Waals surface area contributed by atoms with Gasteiger partial charge in [-0.1, -0.05) is 20.8 Å². The van der Waals surface area contributed by atoms with E-state index in [4.69, 9.17) is 4.74 Å². The lowest BCUT2D eigenvalue weighted by Crippen LogP contribution is -2.26. The molecule has 0 aromatic heterocycles. The van der Waals surface area contributed by atoms with Gasteiger partial charge in [-0.15, -0.1) is 0 Å². The number of rotatable bonds is 4. The van der Waals surface area contributed by atoms with Crippen LogP contribution in [0.15, 0.2) is 18.2 Å². The molecule has 1 aromatic rings. The topological polar surface area (TPSA) is 86.5 Å². The molecule has 0 amide bonds. The molecular weight excluding hydrogens is 262 g/mol. The number of nitro groups is 1. The predicted octanol–water partition coefficient (Wildman–Crippen LogP) is 2.68. The van der Waals surface area contributed by atoms with Crippen molar-refractivity contribution in [3.8, 4) is 0 Å². The van der Waals surface area contributed by atoms with Crippen molar-refractivity contribution in [1.29, 1.82) is 0 Å². The maximum absolute atomic E-state index is 11.8. The van der Waals surface area contributed by atoms with Gasteiger partial charge < -0.3 is 4.74 Å².